The summed E-state index contributed by atoms with van der Waals surface area (Å²) in [6.07, 6.45) is 0.843. The van der Waals surface area contributed by atoms with Gasteiger partial charge in [0.15, 0.2) is 0 Å². The molecule has 2 nitrogen and oxygen atoms in total. The Morgan fingerprint density at radius 1 is 0.833 bits per heavy atom. The van der Waals surface area contributed by atoms with E-state index in [2.05, 4.69) is 98.0 Å². The van der Waals surface area contributed by atoms with Gasteiger partial charge in [-0.2, -0.15) is 0 Å². The summed E-state index contributed by atoms with van der Waals surface area (Å²) < 4.78 is 0. The van der Waals surface area contributed by atoms with E-state index in [9.17, 15) is 4.79 Å². The van der Waals surface area contributed by atoms with Crippen molar-refractivity contribution in [1.82, 2.24) is 5.32 Å². The van der Waals surface area contributed by atoms with Crippen LogP contribution in [0.15, 0.2) is 42.5 Å². The molecular formula is C28H39NO. The molecule has 0 spiro atoms. The van der Waals surface area contributed by atoms with Gasteiger partial charge in [0.05, 0.1) is 0 Å². The lowest BCUT2D eigenvalue weighted by molar-refractivity contribution is 0.0954. The molecule has 0 aliphatic heterocycles. The Balaban J connectivity index is 1.68. The Hall–Kier alpha value is -2.09. The van der Waals surface area contributed by atoms with Crippen molar-refractivity contribution >= 4 is 5.91 Å². The molecule has 2 aromatic rings. The second-order valence-electron chi connectivity index (χ2n) is 11.6. The number of nitrogens with one attached hydrogen (secondary N) is 1. The molecule has 0 saturated heterocycles. The average molecular weight is 406 g/mol. The van der Waals surface area contributed by atoms with Crippen LogP contribution in [0.4, 0.5) is 0 Å². The Morgan fingerprint density at radius 3 is 1.97 bits per heavy atom. The van der Waals surface area contributed by atoms with E-state index in [0.29, 0.717) is 6.54 Å². The molecule has 1 N–H and O–H groups in total. The number of fused-ring (bicyclic) bond motifs is 1. The van der Waals surface area contributed by atoms with E-state index in [0.717, 1.165) is 12.0 Å². The lowest BCUT2D eigenvalue weighted by atomic mass is 9.59. The quantitative estimate of drug-likeness (QED) is 0.614. The minimum Gasteiger partial charge on any atom is -0.352 e. The van der Waals surface area contributed by atoms with Gasteiger partial charge in [-0.1, -0.05) is 92.6 Å². The molecule has 0 radical (unpaired) electrons. The molecule has 3 rings (SSSR count). The van der Waals surface area contributed by atoms with Gasteiger partial charge in [-0.25, -0.2) is 0 Å². The van der Waals surface area contributed by atoms with Gasteiger partial charge in [-0.05, 0) is 62.5 Å². The first-order valence-corrected chi connectivity index (χ1v) is 11.2. The fourth-order valence-electron chi connectivity index (χ4n) is 4.81. The number of rotatable bonds is 4. The molecule has 1 aliphatic carbocycles. The average Bonchev–Trinajstić information content (AvgIpc) is 2.76. The Bertz CT molecular complexity index is 940. The van der Waals surface area contributed by atoms with E-state index in [1.807, 2.05) is 12.1 Å². The highest BCUT2D eigenvalue weighted by atomic mass is 16.1. The van der Waals surface area contributed by atoms with Crippen molar-refractivity contribution < 1.29 is 4.79 Å². The predicted octanol–water partition coefficient (Wildman–Crippen LogP) is 6.55. The molecule has 1 amide bonds. The van der Waals surface area contributed by atoms with Crippen molar-refractivity contribution in [2.75, 3.05) is 6.54 Å². The first-order chi connectivity index (χ1) is 13.7. The van der Waals surface area contributed by atoms with Gasteiger partial charge >= 0.3 is 0 Å². The van der Waals surface area contributed by atoms with E-state index in [-0.39, 0.29) is 27.6 Å². The third-order valence-electron chi connectivity index (χ3n) is 8.27. The second-order valence-corrected chi connectivity index (χ2v) is 11.6. The van der Waals surface area contributed by atoms with Gasteiger partial charge in [0, 0.05) is 12.1 Å². The van der Waals surface area contributed by atoms with Crippen LogP contribution in [-0.2, 0) is 22.7 Å². The molecule has 30 heavy (non-hydrogen) atoms. The van der Waals surface area contributed by atoms with Crippen molar-refractivity contribution in [2.24, 2.45) is 5.41 Å². The molecule has 2 aromatic carbocycles. The first kappa shape index (κ1) is 22.6. The van der Waals surface area contributed by atoms with E-state index in [1.165, 1.54) is 22.3 Å². The summed E-state index contributed by atoms with van der Waals surface area (Å²) in [6, 6.07) is 14.9. The zero-order chi connectivity index (χ0) is 22.5. The summed E-state index contributed by atoms with van der Waals surface area (Å²) in [5.41, 5.74) is 6.69. The van der Waals surface area contributed by atoms with Crippen LogP contribution >= 0.6 is 0 Å². The summed E-state index contributed by atoms with van der Waals surface area (Å²) in [6.45, 7) is 21.4. The van der Waals surface area contributed by atoms with Gasteiger partial charge in [0.25, 0.3) is 5.91 Å². The van der Waals surface area contributed by atoms with Crippen LogP contribution in [0.2, 0.25) is 0 Å². The van der Waals surface area contributed by atoms with Gasteiger partial charge in [0.2, 0.25) is 0 Å². The van der Waals surface area contributed by atoms with Crippen LogP contribution < -0.4 is 5.32 Å². The molecule has 0 saturated carbocycles. The Kier molecular flexibility index (Phi) is 5.46. The summed E-state index contributed by atoms with van der Waals surface area (Å²) in [7, 11) is 0. The third kappa shape index (κ3) is 3.59. The summed E-state index contributed by atoms with van der Waals surface area (Å²) in [5, 5.41) is 3.09. The topological polar surface area (TPSA) is 29.1 Å². The SMILES string of the molecule is CC(C)(C)c1ccc(C(=O)NCCc2ccc3c(c2)C(C)(C)C(C)(C)C3(C)C)cc1. The van der Waals surface area contributed by atoms with Gasteiger partial charge in [0.1, 0.15) is 0 Å². The van der Waals surface area contributed by atoms with Crippen molar-refractivity contribution in [3.05, 3.63) is 70.3 Å². The Morgan fingerprint density at radius 2 is 1.40 bits per heavy atom. The number of carbonyl (C=O) groups is 1. The molecule has 1 aliphatic rings. The fraction of sp³-hybridized carbons (Fsp3) is 0.536. The maximum absolute atomic E-state index is 12.5. The standard InChI is InChI=1S/C28H39NO/c1-25(2,3)21-13-11-20(12-14-21)24(30)29-17-16-19-10-15-22-23(18-19)27(6,7)28(8,9)26(22,4)5/h10-15,18H,16-17H2,1-9H3,(H,29,30). The normalized spacial score (nSPS) is 18.7. The second kappa shape index (κ2) is 7.25. The fourth-order valence-corrected chi connectivity index (χ4v) is 4.81. The van der Waals surface area contributed by atoms with E-state index in [1.54, 1.807) is 0 Å². The van der Waals surface area contributed by atoms with Gasteiger partial charge in [-0.15, -0.1) is 0 Å². The van der Waals surface area contributed by atoms with E-state index in [4.69, 9.17) is 0 Å². The number of hydrogen-bond acceptors (Lipinski definition) is 1. The number of hydrogen-bond donors (Lipinski definition) is 1. The number of carbonyl (C=O) groups excluding carboxylic acids is 1. The summed E-state index contributed by atoms with van der Waals surface area (Å²) in [5.74, 6) is -0.000726. The highest BCUT2D eigenvalue weighted by Gasteiger charge is 2.56. The predicted molar refractivity (Wildman–Crippen MR) is 127 cm³/mol. The summed E-state index contributed by atoms with van der Waals surface area (Å²) >= 11 is 0. The van der Waals surface area contributed by atoms with E-state index < -0.39 is 0 Å². The first-order valence-electron chi connectivity index (χ1n) is 11.2. The molecule has 0 atom stereocenters. The van der Waals surface area contributed by atoms with Crippen LogP contribution in [0.5, 0.6) is 0 Å². The highest BCUT2D eigenvalue weighted by molar-refractivity contribution is 5.94. The van der Waals surface area contributed by atoms with E-state index >= 15 is 0 Å². The molecule has 2 heteroatoms. The monoisotopic (exact) mass is 405 g/mol. The number of amides is 1. The zero-order valence-electron chi connectivity index (χ0n) is 20.4. The largest absolute Gasteiger partial charge is 0.352 e. The molecule has 0 heterocycles. The molecule has 162 valence electrons. The van der Waals surface area contributed by atoms with Crippen LogP contribution in [0.3, 0.4) is 0 Å². The molecular weight excluding hydrogens is 366 g/mol. The van der Waals surface area contributed by atoms with Crippen LogP contribution in [0, 0.1) is 5.41 Å². The summed E-state index contributed by atoms with van der Waals surface area (Å²) in [4.78, 5) is 12.5. The molecule has 0 fully saturated rings. The zero-order valence-corrected chi connectivity index (χ0v) is 20.4. The molecule has 0 bridgehead atoms. The molecule has 0 unspecified atom stereocenters. The van der Waals surface area contributed by atoms with Gasteiger partial charge in [-0.3, -0.25) is 4.79 Å². The van der Waals surface area contributed by atoms with Crippen molar-refractivity contribution in [2.45, 2.75) is 85.0 Å². The van der Waals surface area contributed by atoms with Crippen molar-refractivity contribution in [3.63, 3.8) is 0 Å². The lowest BCUT2D eigenvalue weighted by Gasteiger charge is -2.44. The van der Waals surface area contributed by atoms with Crippen LogP contribution in [0.25, 0.3) is 0 Å². The van der Waals surface area contributed by atoms with Crippen molar-refractivity contribution in [1.29, 1.82) is 0 Å². The number of benzene rings is 2. The smallest absolute Gasteiger partial charge is 0.251 e. The molecule has 0 aromatic heterocycles. The third-order valence-corrected chi connectivity index (χ3v) is 8.27. The minimum absolute atomic E-state index is 0.000726. The van der Waals surface area contributed by atoms with Crippen LogP contribution in [-0.4, -0.2) is 12.5 Å². The maximum atomic E-state index is 12.5. The minimum atomic E-state index is -0.000726. The van der Waals surface area contributed by atoms with Crippen molar-refractivity contribution in [3.8, 4) is 0 Å². The highest BCUT2D eigenvalue weighted by Crippen LogP contribution is 2.61. The maximum Gasteiger partial charge on any atom is 0.251 e. The lowest BCUT2D eigenvalue weighted by Crippen LogP contribution is -2.42. The Labute approximate surface area is 183 Å². The van der Waals surface area contributed by atoms with Crippen LogP contribution in [0.1, 0.15) is 94.9 Å². The van der Waals surface area contributed by atoms with Gasteiger partial charge < -0.3 is 5.32 Å².